The number of fused-ring (bicyclic) bond motifs is 1. The van der Waals surface area contributed by atoms with Crippen LogP contribution in [0.25, 0.3) is 0 Å². The van der Waals surface area contributed by atoms with Crippen molar-refractivity contribution in [2.75, 3.05) is 11.5 Å². The lowest BCUT2D eigenvalue weighted by Crippen LogP contribution is -2.38. The Labute approximate surface area is 139 Å². The molecule has 1 amide bonds. The second-order valence-corrected chi connectivity index (χ2v) is 5.91. The molecule has 2 aromatic carbocycles. The van der Waals surface area contributed by atoms with Gasteiger partial charge in [-0.2, -0.15) is 0 Å². The van der Waals surface area contributed by atoms with Gasteiger partial charge in [0.15, 0.2) is 6.61 Å². The van der Waals surface area contributed by atoms with E-state index in [1.807, 2.05) is 31.2 Å². The monoisotopic (exact) mass is 329 g/mol. The van der Waals surface area contributed by atoms with Crippen LogP contribution in [-0.4, -0.2) is 24.5 Å². The number of amides is 1. The molecule has 0 aromatic heterocycles. The van der Waals surface area contributed by atoms with Crippen molar-refractivity contribution in [3.63, 3.8) is 0 Å². The minimum absolute atomic E-state index is 0.0546. The molecule has 4 nitrogen and oxygen atoms in total. The van der Waals surface area contributed by atoms with E-state index in [-0.39, 0.29) is 24.1 Å². The largest absolute Gasteiger partial charge is 0.452 e. The van der Waals surface area contributed by atoms with Gasteiger partial charge in [0.05, 0.1) is 10.6 Å². The summed E-state index contributed by atoms with van der Waals surface area (Å²) in [5.74, 6) is -0.827. The quantitative estimate of drug-likeness (QED) is 0.810. The summed E-state index contributed by atoms with van der Waals surface area (Å²) in [6, 6.07) is 14.4. The third-order valence-electron chi connectivity index (χ3n) is 3.90. The van der Waals surface area contributed by atoms with E-state index in [0.29, 0.717) is 5.02 Å². The van der Waals surface area contributed by atoms with E-state index in [0.717, 1.165) is 17.7 Å². The maximum absolute atomic E-state index is 12.5. The zero-order chi connectivity index (χ0) is 16.4. The lowest BCUT2D eigenvalue weighted by Gasteiger charge is -2.22. The number of carbonyl (C=O) groups is 2. The number of carbonyl (C=O) groups excluding carboxylic acids is 2. The van der Waals surface area contributed by atoms with Crippen LogP contribution in [0.4, 0.5) is 5.69 Å². The summed E-state index contributed by atoms with van der Waals surface area (Å²) >= 11 is 5.96. The van der Waals surface area contributed by atoms with Gasteiger partial charge < -0.3 is 9.64 Å². The van der Waals surface area contributed by atoms with Crippen molar-refractivity contribution >= 4 is 29.2 Å². The molecule has 2 aromatic rings. The zero-order valence-corrected chi connectivity index (χ0v) is 13.4. The van der Waals surface area contributed by atoms with Gasteiger partial charge in [0.25, 0.3) is 5.91 Å². The van der Waals surface area contributed by atoms with Gasteiger partial charge in [-0.05, 0) is 37.1 Å². The molecule has 1 heterocycles. The lowest BCUT2D eigenvalue weighted by molar-refractivity contribution is -0.122. The fourth-order valence-electron chi connectivity index (χ4n) is 2.85. The number of benzene rings is 2. The molecule has 1 aliphatic heterocycles. The van der Waals surface area contributed by atoms with Crippen LogP contribution in [0.15, 0.2) is 48.5 Å². The van der Waals surface area contributed by atoms with Crippen molar-refractivity contribution in [1.82, 2.24) is 0 Å². The van der Waals surface area contributed by atoms with Crippen LogP contribution in [0.1, 0.15) is 22.8 Å². The number of hydrogen-bond donors (Lipinski definition) is 0. The number of nitrogens with zero attached hydrogens (tertiary/aromatic N) is 1. The molecule has 0 fully saturated rings. The summed E-state index contributed by atoms with van der Waals surface area (Å²) < 4.78 is 5.13. The fraction of sp³-hybridized carbons (Fsp3) is 0.222. The standard InChI is InChI=1S/C18H16ClNO3/c1-12-10-13-6-2-5-9-16(13)20(12)17(21)11-23-18(22)14-7-3-4-8-15(14)19/h2-9,12H,10-11H2,1H3. The molecule has 0 aliphatic carbocycles. The molecule has 1 aliphatic rings. The van der Waals surface area contributed by atoms with E-state index in [9.17, 15) is 9.59 Å². The molecule has 1 unspecified atom stereocenters. The van der Waals surface area contributed by atoms with Crippen LogP contribution < -0.4 is 4.90 Å². The van der Waals surface area contributed by atoms with Crippen molar-refractivity contribution in [2.24, 2.45) is 0 Å². The minimum atomic E-state index is -0.593. The van der Waals surface area contributed by atoms with E-state index in [4.69, 9.17) is 16.3 Å². The summed E-state index contributed by atoms with van der Waals surface area (Å²) in [5.41, 5.74) is 2.28. The lowest BCUT2D eigenvalue weighted by atomic mass is 10.1. The topological polar surface area (TPSA) is 46.6 Å². The van der Waals surface area contributed by atoms with Gasteiger partial charge in [0.2, 0.25) is 0 Å². The average Bonchev–Trinajstić information content (AvgIpc) is 2.88. The van der Waals surface area contributed by atoms with Crippen LogP contribution in [0.3, 0.4) is 0 Å². The zero-order valence-electron chi connectivity index (χ0n) is 12.7. The Bertz CT molecular complexity index is 759. The predicted molar refractivity (Wildman–Crippen MR) is 88.8 cm³/mol. The van der Waals surface area contributed by atoms with Gasteiger partial charge in [-0.1, -0.05) is 41.9 Å². The van der Waals surface area contributed by atoms with Crippen LogP contribution in [0, 0.1) is 0 Å². The SMILES string of the molecule is CC1Cc2ccccc2N1C(=O)COC(=O)c1ccccc1Cl. The second kappa shape index (κ2) is 6.42. The van der Waals surface area contributed by atoms with Crippen LogP contribution in [0.2, 0.25) is 5.02 Å². The molecular weight excluding hydrogens is 314 g/mol. The van der Waals surface area contributed by atoms with E-state index >= 15 is 0 Å². The first-order chi connectivity index (χ1) is 11.1. The Morgan fingerprint density at radius 1 is 1.17 bits per heavy atom. The molecule has 0 saturated heterocycles. The Hall–Kier alpha value is -2.33. The molecule has 3 rings (SSSR count). The third kappa shape index (κ3) is 3.08. The normalized spacial score (nSPS) is 16.1. The number of hydrogen-bond acceptors (Lipinski definition) is 3. The van der Waals surface area contributed by atoms with Gasteiger partial charge in [0, 0.05) is 11.7 Å². The Balaban J connectivity index is 1.69. The summed E-state index contributed by atoms with van der Waals surface area (Å²) in [6.45, 7) is 1.68. The average molecular weight is 330 g/mol. The number of ether oxygens (including phenoxy) is 1. The first kappa shape index (κ1) is 15.6. The van der Waals surface area contributed by atoms with Crippen molar-refractivity contribution in [1.29, 1.82) is 0 Å². The van der Waals surface area contributed by atoms with Crippen molar-refractivity contribution < 1.29 is 14.3 Å². The van der Waals surface area contributed by atoms with Crippen LogP contribution in [0.5, 0.6) is 0 Å². The smallest absolute Gasteiger partial charge is 0.340 e. The number of anilines is 1. The molecule has 0 bridgehead atoms. The van der Waals surface area contributed by atoms with E-state index < -0.39 is 5.97 Å². The van der Waals surface area contributed by atoms with Crippen LogP contribution in [-0.2, 0) is 16.0 Å². The summed E-state index contributed by atoms with van der Waals surface area (Å²) in [5, 5.41) is 0.310. The molecular formula is C18H16ClNO3. The molecule has 0 radical (unpaired) electrons. The molecule has 5 heteroatoms. The van der Waals surface area contributed by atoms with E-state index in [1.165, 1.54) is 0 Å². The number of para-hydroxylation sites is 1. The first-order valence-corrected chi connectivity index (χ1v) is 7.77. The Morgan fingerprint density at radius 2 is 1.87 bits per heavy atom. The maximum atomic E-state index is 12.5. The number of rotatable bonds is 3. The highest BCUT2D eigenvalue weighted by molar-refractivity contribution is 6.33. The van der Waals surface area contributed by atoms with Gasteiger partial charge in [0.1, 0.15) is 0 Å². The van der Waals surface area contributed by atoms with Gasteiger partial charge in [-0.15, -0.1) is 0 Å². The van der Waals surface area contributed by atoms with Gasteiger partial charge in [-0.3, -0.25) is 4.79 Å². The van der Waals surface area contributed by atoms with E-state index in [1.54, 1.807) is 29.2 Å². The summed E-state index contributed by atoms with van der Waals surface area (Å²) in [6.07, 6.45) is 0.806. The van der Waals surface area contributed by atoms with Gasteiger partial charge in [-0.25, -0.2) is 4.79 Å². The first-order valence-electron chi connectivity index (χ1n) is 7.39. The fourth-order valence-corrected chi connectivity index (χ4v) is 3.06. The number of esters is 1. The Kier molecular flexibility index (Phi) is 4.35. The highest BCUT2D eigenvalue weighted by Gasteiger charge is 2.31. The predicted octanol–water partition coefficient (Wildman–Crippen LogP) is 3.47. The maximum Gasteiger partial charge on any atom is 0.340 e. The Morgan fingerprint density at radius 3 is 2.65 bits per heavy atom. The van der Waals surface area contributed by atoms with Gasteiger partial charge >= 0.3 is 5.97 Å². The molecule has 118 valence electrons. The number of halogens is 1. The highest BCUT2D eigenvalue weighted by Crippen LogP contribution is 2.31. The molecule has 1 atom stereocenters. The summed E-state index contributed by atoms with van der Waals surface area (Å²) in [4.78, 5) is 26.2. The van der Waals surface area contributed by atoms with E-state index in [2.05, 4.69) is 0 Å². The molecule has 23 heavy (non-hydrogen) atoms. The molecule has 0 N–H and O–H groups in total. The highest BCUT2D eigenvalue weighted by atomic mass is 35.5. The van der Waals surface area contributed by atoms with Crippen molar-refractivity contribution in [3.05, 3.63) is 64.7 Å². The minimum Gasteiger partial charge on any atom is -0.452 e. The second-order valence-electron chi connectivity index (χ2n) is 5.50. The molecule has 0 spiro atoms. The third-order valence-corrected chi connectivity index (χ3v) is 4.23. The molecule has 0 saturated carbocycles. The van der Waals surface area contributed by atoms with Crippen molar-refractivity contribution in [3.8, 4) is 0 Å². The summed E-state index contributed by atoms with van der Waals surface area (Å²) in [7, 11) is 0. The van der Waals surface area contributed by atoms with Crippen molar-refractivity contribution in [2.45, 2.75) is 19.4 Å². The van der Waals surface area contributed by atoms with Crippen LogP contribution >= 0.6 is 11.6 Å².